The van der Waals surface area contributed by atoms with Crippen molar-refractivity contribution in [3.63, 3.8) is 0 Å². The first-order valence-corrected chi connectivity index (χ1v) is 6.46. The Labute approximate surface area is 109 Å². The highest BCUT2D eigenvalue weighted by Gasteiger charge is 2.29. The van der Waals surface area contributed by atoms with Gasteiger partial charge in [-0.3, -0.25) is 0 Å². The number of rotatable bonds is 3. The van der Waals surface area contributed by atoms with E-state index in [2.05, 4.69) is 14.8 Å². The predicted molar refractivity (Wildman–Crippen MR) is 68.3 cm³/mol. The lowest BCUT2D eigenvalue weighted by Gasteiger charge is -2.07. The van der Waals surface area contributed by atoms with Gasteiger partial charge in [0.2, 0.25) is 0 Å². The Morgan fingerprint density at radius 1 is 1.29 bits per heavy atom. The van der Waals surface area contributed by atoms with Gasteiger partial charge in [-0.15, -0.1) is 21.8 Å². The van der Waals surface area contributed by atoms with E-state index >= 15 is 0 Å². The Morgan fingerprint density at radius 2 is 2.12 bits per heavy atom. The molecule has 1 aliphatic carbocycles. The number of hydrogen-bond acceptors (Lipinski definition) is 2. The Kier molecular flexibility index (Phi) is 2.81. The van der Waals surface area contributed by atoms with Crippen LogP contribution in [0.15, 0.2) is 24.3 Å². The van der Waals surface area contributed by atoms with Crippen LogP contribution in [0.5, 0.6) is 0 Å². The van der Waals surface area contributed by atoms with Gasteiger partial charge in [0.15, 0.2) is 5.82 Å². The molecule has 0 saturated heterocycles. The summed E-state index contributed by atoms with van der Waals surface area (Å²) in [5.74, 6) is 2.10. The van der Waals surface area contributed by atoms with Crippen molar-refractivity contribution in [1.82, 2.24) is 14.8 Å². The van der Waals surface area contributed by atoms with Crippen LogP contribution >= 0.6 is 23.2 Å². The molecule has 1 aliphatic rings. The zero-order chi connectivity index (χ0) is 11.8. The lowest BCUT2D eigenvalue weighted by atomic mass is 10.2. The minimum absolute atomic E-state index is 0.393. The van der Waals surface area contributed by atoms with Gasteiger partial charge < -0.3 is 4.57 Å². The van der Waals surface area contributed by atoms with Gasteiger partial charge in [0.25, 0.3) is 0 Å². The Morgan fingerprint density at radius 3 is 2.76 bits per heavy atom. The van der Waals surface area contributed by atoms with Gasteiger partial charge in [-0.25, -0.2) is 0 Å². The van der Waals surface area contributed by atoms with Crippen molar-refractivity contribution < 1.29 is 0 Å². The largest absolute Gasteiger partial charge is 0.307 e. The number of halogens is 2. The highest BCUT2D eigenvalue weighted by molar-refractivity contribution is 6.30. The molecular formula is C12H11Cl2N3. The molecule has 0 amide bonds. The van der Waals surface area contributed by atoms with Crippen LogP contribution < -0.4 is 0 Å². The minimum atomic E-state index is 0.393. The van der Waals surface area contributed by atoms with E-state index in [0.29, 0.717) is 16.9 Å². The number of alkyl halides is 1. The second-order valence-electron chi connectivity index (χ2n) is 4.18. The molecule has 1 fully saturated rings. The van der Waals surface area contributed by atoms with E-state index < -0.39 is 0 Å². The molecule has 1 saturated carbocycles. The second kappa shape index (κ2) is 4.31. The summed E-state index contributed by atoms with van der Waals surface area (Å²) in [6.45, 7) is 0. The SMILES string of the molecule is ClCc1nnc(-c2cccc(Cl)c2)n1C1CC1. The lowest BCUT2D eigenvalue weighted by molar-refractivity contribution is 0.712. The molecule has 17 heavy (non-hydrogen) atoms. The van der Waals surface area contributed by atoms with Gasteiger partial charge in [-0.1, -0.05) is 23.7 Å². The van der Waals surface area contributed by atoms with E-state index in [-0.39, 0.29) is 0 Å². The van der Waals surface area contributed by atoms with Crippen LogP contribution in [-0.2, 0) is 5.88 Å². The van der Waals surface area contributed by atoms with Crippen LogP contribution in [0.1, 0.15) is 24.7 Å². The zero-order valence-electron chi connectivity index (χ0n) is 9.11. The molecule has 5 heteroatoms. The summed E-state index contributed by atoms with van der Waals surface area (Å²) in [5, 5.41) is 9.08. The molecule has 1 heterocycles. The Bertz CT molecular complexity index is 546. The van der Waals surface area contributed by atoms with Gasteiger partial charge in [0.05, 0.1) is 5.88 Å². The highest BCUT2D eigenvalue weighted by atomic mass is 35.5. The van der Waals surface area contributed by atoms with E-state index in [1.807, 2.05) is 24.3 Å². The molecule has 0 spiro atoms. The van der Waals surface area contributed by atoms with Crippen molar-refractivity contribution >= 4 is 23.2 Å². The first-order valence-electron chi connectivity index (χ1n) is 5.55. The number of aromatic nitrogens is 3. The number of benzene rings is 1. The first kappa shape index (κ1) is 11.1. The third-order valence-corrected chi connectivity index (χ3v) is 3.35. The van der Waals surface area contributed by atoms with Crippen LogP contribution in [0.4, 0.5) is 0 Å². The topological polar surface area (TPSA) is 30.7 Å². The molecule has 88 valence electrons. The van der Waals surface area contributed by atoms with Crippen molar-refractivity contribution in [2.75, 3.05) is 0 Å². The molecule has 0 aliphatic heterocycles. The molecule has 1 aromatic carbocycles. The fraction of sp³-hybridized carbons (Fsp3) is 0.333. The average molecular weight is 268 g/mol. The highest BCUT2D eigenvalue weighted by Crippen LogP contribution is 2.39. The molecular weight excluding hydrogens is 257 g/mol. The van der Waals surface area contributed by atoms with E-state index in [0.717, 1.165) is 17.2 Å². The Balaban J connectivity index is 2.11. The molecule has 0 radical (unpaired) electrons. The average Bonchev–Trinajstić information content (AvgIpc) is 3.08. The lowest BCUT2D eigenvalue weighted by Crippen LogP contribution is -2.01. The molecule has 0 N–H and O–H groups in total. The molecule has 2 aromatic rings. The van der Waals surface area contributed by atoms with Crippen LogP contribution in [0.2, 0.25) is 5.02 Å². The third-order valence-electron chi connectivity index (χ3n) is 2.88. The van der Waals surface area contributed by atoms with Crippen molar-refractivity contribution in [3.05, 3.63) is 35.1 Å². The Hall–Kier alpha value is -1.06. The monoisotopic (exact) mass is 267 g/mol. The van der Waals surface area contributed by atoms with E-state index in [9.17, 15) is 0 Å². The molecule has 1 aromatic heterocycles. The van der Waals surface area contributed by atoms with Gasteiger partial charge >= 0.3 is 0 Å². The summed E-state index contributed by atoms with van der Waals surface area (Å²) < 4.78 is 2.14. The number of nitrogens with zero attached hydrogens (tertiary/aromatic N) is 3. The van der Waals surface area contributed by atoms with E-state index in [1.54, 1.807) is 0 Å². The van der Waals surface area contributed by atoms with Gasteiger partial charge in [-0.05, 0) is 25.0 Å². The number of hydrogen-bond donors (Lipinski definition) is 0. The van der Waals surface area contributed by atoms with Crippen LogP contribution in [0.25, 0.3) is 11.4 Å². The zero-order valence-corrected chi connectivity index (χ0v) is 10.6. The maximum atomic E-state index is 6.00. The third kappa shape index (κ3) is 2.05. The maximum Gasteiger partial charge on any atom is 0.164 e. The van der Waals surface area contributed by atoms with Crippen molar-refractivity contribution in [1.29, 1.82) is 0 Å². The fourth-order valence-electron chi connectivity index (χ4n) is 1.96. The summed E-state index contributed by atoms with van der Waals surface area (Å²) in [4.78, 5) is 0. The molecule has 3 nitrogen and oxygen atoms in total. The van der Waals surface area contributed by atoms with Gasteiger partial charge in [0, 0.05) is 16.6 Å². The predicted octanol–water partition coefficient (Wildman–Crippen LogP) is 3.67. The fourth-order valence-corrected chi connectivity index (χ4v) is 2.33. The van der Waals surface area contributed by atoms with Crippen molar-refractivity contribution in [2.45, 2.75) is 24.8 Å². The van der Waals surface area contributed by atoms with Crippen LogP contribution in [0.3, 0.4) is 0 Å². The smallest absolute Gasteiger partial charge is 0.164 e. The summed E-state index contributed by atoms with van der Waals surface area (Å²) >= 11 is 11.9. The van der Waals surface area contributed by atoms with Gasteiger partial charge in [0.1, 0.15) is 5.82 Å². The standard InChI is InChI=1S/C12H11Cl2N3/c13-7-11-15-16-12(17(11)10-4-5-10)8-2-1-3-9(14)6-8/h1-3,6,10H,4-5,7H2. The summed E-state index contributed by atoms with van der Waals surface area (Å²) in [5.41, 5.74) is 0.994. The summed E-state index contributed by atoms with van der Waals surface area (Å²) in [6.07, 6.45) is 2.35. The second-order valence-corrected chi connectivity index (χ2v) is 4.89. The van der Waals surface area contributed by atoms with Gasteiger partial charge in [-0.2, -0.15) is 0 Å². The van der Waals surface area contributed by atoms with E-state index in [1.165, 1.54) is 12.8 Å². The van der Waals surface area contributed by atoms with Crippen LogP contribution in [-0.4, -0.2) is 14.8 Å². The quantitative estimate of drug-likeness (QED) is 0.795. The van der Waals surface area contributed by atoms with Crippen molar-refractivity contribution in [2.24, 2.45) is 0 Å². The minimum Gasteiger partial charge on any atom is -0.307 e. The molecule has 0 bridgehead atoms. The molecule has 3 rings (SSSR count). The molecule has 0 atom stereocenters. The summed E-state index contributed by atoms with van der Waals surface area (Å²) in [6, 6.07) is 8.18. The molecule has 0 unspecified atom stereocenters. The van der Waals surface area contributed by atoms with E-state index in [4.69, 9.17) is 23.2 Å². The summed E-state index contributed by atoms with van der Waals surface area (Å²) in [7, 11) is 0. The van der Waals surface area contributed by atoms with Crippen molar-refractivity contribution in [3.8, 4) is 11.4 Å². The normalized spacial score (nSPS) is 15.2. The maximum absolute atomic E-state index is 6.00. The van der Waals surface area contributed by atoms with Crippen LogP contribution in [0, 0.1) is 0 Å². The first-order chi connectivity index (χ1) is 8.29.